The van der Waals surface area contributed by atoms with Crippen LogP contribution in [0.3, 0.4) is 0 Å². The number of hydrogen-bond acceptors (Lipinski definition) is 6. The van der Waals surface area contributed by atoms with Gasteiger partial charge in [0.1, 0.15) is 11.8 Å². The number of carbonyl (C=O) groups is 4. The van der Waals surface area contributed by atoms with Gasteiger partial charge in [-0.2, -0.15) is 0 Å². The van der Waals surface area contributed by atoms with Gasteiger partial charge in [-0.1, -0.05) is 50.1 Å². The SMILES string of the molecule is CC(=O)N[C@@H](CC(C)C)C(=O)OC(C)OC(=O)NC[C@@]1(c2ccccc2Cl)CCCCC1=O. The van der Waals surface area contributed by atoms with Gasteiger partial charge in [-0.25, -0.2) is 9.59 Å². The fourth-order valence-electron chi connectivity index (χ4n) is 4.12. The van der Waals surface area contributed by atoms with Crippen molar-refractivity contribution in [2.24, 2.45) is 5.92 Å². The van der Waals surface area contributed by atoms with Crippen molar-refractivity contribution in [1.82, 2.24) is 10.6 Å². The standard InChI is InChI=1S/C24H33ClN2O6/c1-15(2)13-20(27-16(3)28)22(30)32-17(4)33-23(31)26-14-24(12-8-7-11-21(24)29)18-9-5-6-10-19(18)25/h5-6,9-10,15,17,20H,7-8,11-14H2,1-4H3,(H,26,31)(H,27,28)/t17?,20-,24+/m0/s1. The van der Waals surface area contributed by atoms with Gasteiger partial charge < -0.3 is 20.1 Å². The molecule has 0 saturated heterocycles. The van der Waals surface area contributed by atoms with Gasteiger partial charge in [-0.15, -0.1) is 0 Å². The van der Waals surface area contributed by atoms with E-state index in [9.17, 15) is 19.2 Å². The second-order valence-electron chi connectivity index (χ2n) is 8.84. The number of amides is 2. The van der Waals surface area contributed by atoms with E-state index in [1.54, 1.807) is 18.2 Å². The van der Waals surface area contributed by atoms with Crippen molar-refractivity contribution in [3.05, 3.63) is 34.9 Å². The summed E-state index contributed by atoms with van der Waals surface area (Å²) in [7, 11) is 0. The molecule has 2 N–H and O–H groups in total. The van der Waals surface area contributed by atoms with Crippen molar-refractivity contribution in [2.45, 2.75) is 77.5 Å². The Balaban J connectivity index is 2.00. The molecule has 182 valence electrons. The number of Topliss-reactive ketones (excluding diaryl/α,β-unsaturated/α-hetero) is 1. The Morgan fingerprint density at radius 1 is 1.12 bits per heavy atom. The molecule has 0 radical (unpaired) electrons. The van der Waals surface area contributed by atoms with Crippen LogP contribution in [0.1, 0.15) is 65.4 Å². The molecular formula is C24H33ClN2O6. The number of esters is 1. The van der Waals surface area contributed by atoms with Crippen LogP contribution in [0, 0.1) is 5.92 Å². The smallest absolute Gasteiger partial charge is 0.410 e. The minimum atomic E-state index is -1.18. The molecular weight excluding hydrogens is 448 g/mol. The summed E-state index contributed by atoms with van der Waals surface area (Å²) in [6.45, 7) is 6.58. The third-order valence-corrected chi connectivity index (χ3v) is 5.97. The summed E-state index contributed by atoms with van der Waals surface area (Å²) in [6.07, 6.45) is 1.000. The van der Waals surface area contributed by atoms with Crippen molar-refractivity contribution in [3.8, 4) is 0 Å². The number of ketones is 1. The highest BCUT2D eigenvalue weighted by Crippen LogP contribution is 2.39. The maximum absolute atomic E-state index is 12.9. The molecule has 1 aromatic rings. The number of halogens is 1. The quantitative estimate of drug-likeness (QED) is 0.409. The van der Waals surface area contributed by atoms with Gasteiger partial charge in [0.25, 0.3) is 0 Å². The molecule has 0 aromatic heterocycles. The molecule has 3 atom stereocenters. The van der Waals surface area contributed by atoms with Crippen LogP contribution in [0.15, 0.2) is 24.3 Å². The maximum Gasteiger partial charge on any atom is 0.410 e. The van der Waals surface area contributed by atoms with E-state index in [0.29, 0.717) is 29.8 Å². The average Bonchev–Trinajstić information content (AvgIpc) is 2.72. The Kier molecular flexibility index (Phi) is 9.70. The second-order valence-corrected chi connectivity index (χ2v) is 9.25. The molecule has 2 amide bonds. The van der Waals surface area contributed by atoms with Crippen LogP contribution < -0.4 is 10.6 Å². The average molecular weight is 481 g/mol. The Bertz CT molecular complexity index is 874. The van der Waals surface area contributed by atoms with Gasteiger partial charge in [-0.3, -0.25) is 9.59 Å². The molecule has 0 aliphatic heterocycles. The summed E-state index contributed by atoms with van der Waals surface area (Å²) in [4.78, 5) is 49.2. The Labute approximate surface area is 199 Å². The summed E-state index contributed by atoms with van der Waals surface area (Å²) in [6, 6.07) is 6.30. The first-order chi connectivity index (χ1) is 15.5. The van der Waals surface area contributed by atoms with Crippen LogP contribution in [0.4, 0.5) is 4.79 Å². The number of nitrogens with one attached hydrogen (secondary N) is 2. The Morgan fingerprint density at radius 2 is 1.82 bits per heavy atom. The van der Waals surface area contributed by atoms with E-state index in [2.05, 4.69) is 10.6 Å². The van der Waals surface area contributed by atoms with E-state index in [1.165, 1.54) is 13.8 Å². The lowest BCUT2D eigenvalue weighted by Gasteiger charge is -2.37. The zero-order chi connectivity index (χ0) is 24.6. The Hall–Kier alpha value is -2.61. The van der Waals surface area contributed by atoms with Gasteiger partial charge in [0.05, 0.1) is 5.41 Å². The van der Waals surface area contributed by atoms with Crippen molar-refractivity contribution >= 4 is 35.4 Å². The van der Waals surface area contributed by atoms with E-state index in [0.717, 1.165) is 12.8 Å². The van der Waals surface area contributed by atoms with Crippen LogP contribution in [0.2, 0.25) is 5.02 Å². The highest BCUT2D eigenvalue weighted by Gasteiger charge is 2.43. The van der Waals surface area contributed by atoms with E-state index in [-0.39, 0.29) is 24.2 Å². The van der Waals surface area contributed by atoms with Gasteiger partial charge in [0.15, 0.2) is 0 Å². The molecule has 0 bridgehead atoms. The maximum atomic E-state index is 12.9. The number of carbonyl (C=O) groups excluding carboxylic acids is 4. The topological polar surface area (TPSA) is 111 Å². The molecule has 0 heterocycles. The molecule has 1 unspecified atom stereocenters. The van der Waals surface area contributed by atoms with Crippen molar-refractivity contribution in [3.63, 3.8) is 0 Å². The number of ether oxygens (including phenoxy) is 2. The van der Waals surface area contributed by atoms with E-state index >= 15 is 0 Å². The van der Waals surface area contributed by atoms with Crippen LogP contribution in [0.25, 0.3) is 0 Å². The number of rotatable bonds is 9. The minimum Gasteiger partial charge on any atom is -0.424 e. The third-order valence-electron chi connectivity index (χ3n) is 5.64. The first kappa shape index (κ1) is 26.6. The molecule has 9 heteroatoms. The summed E-state index contributed by atoms with van der Waals surface area (Å²) < 4.78 is 10.4. The van der Waals surface area contributed by atoms with Gasteiger partial charge in [0.2, 0.25) is 12.2 Å². The first-order valence-corrected chi connectivity index (χ1v) is 11.6. The van der Waals surface area contributed by atoms with Crippen LogP contribution in [0.5, 0.6) is 0 Å². The molecule has 33 heavy (non-hydrogen) atoms. The molecule has 1 aromatic carbocycles. The van der Waals surface area contributed by atoms with Gasteiger partial charge >= 0.3 is 12.1 Å². The van der Waals surface area contributed by atoms with E-state index < -0.39 is 29.8 Å². The molecule has 0 spiro atoms. The van der Waals surface area contributed by atoms with E-state index in [4.69, 9.17) is 21.1 Å². The molecule has 2 rings (SSSR count). The minimum absolute atomic E-state index is 0.0217. The second kappa shape index (κ2) is 12.0. The first-order valence-electron chi connectivity index (χ1n) is 11.3. The lowest BCUT2D eigenvalue weighted by Crippen LogP contribution is -2.49. The van der Waals surface area contributed by atoms with Crippen molar-refractivity contribution in [2.75, 3.05) is 6.54 Å². The van der Waals surface area contributed by atoms with Crippen molar-refractivity contribution in [1.29, 1.82) is 0 Å². The summed E-state index contributed by atoms with van der Waals surface area (Å²) in [5.74, 6) is -0.878. The summed E-state index contributed by atoms with van der Waals surface area (Å²) >= 11 is 6.39. The molecule has 1 fully saturated rings. The highest BCUT2D eigenvalue weighted by atomic mass is 35.5. The predicted molar refractivity (Wildman–Crippen MR) is 124 cm³/mol. The van der Waals surface area contributed by atoms with Crippen molar-refractivity contribution < 1.29 is 28.7 Å². The zero-order valence-corrected chi connectivity index (χ0v) is 20.4. The molecule has 8 nitrogen and oxygen atoms in total. The molecule has 1 aliphatic carbocycles. The van der Waals surface area contributed by atoms with Crippen LogP contribution >= 0.6 is 11.6 Å². The largest absolute Gasteiger partial charge is 0.424 e. The normalized spacial score (nSPS) is 20.0. The number of hydrogen-bond donors (Lipinski definition) is 2. The Morgan fingerprint density at radius 3 is 2.42 bits per heavy atom. The fourth-order valence-corrected chi connectivity index (χ4v) is 4.44. The van der Waals surface area contributed by atoms with Gasteiger partial charge in [-0.05, 0) is 36.8 Å². The summed E-state index contributed by atoms with van der Waals surface area (Å²) in [5.41, 5.74) is -0.244. The number of benzene rings is 1. The van der Waals surface area contributed by atoms with Gasteiger partial charge in [0, 0.05) is 31.8 Å². The third kappa shape index (κ3) is 7.45. The highest BCUT2D eigenvalue weighted by molar-refractivity contribution is 6.31. The summed E-state index contributed by atoms with van der Waals surface area (Å²) in [5, 5.41) is 5.67. The van der Waals surface area contributed by atoms with Crippen LogP contribution in [-0.2, 0) is 29.3 Å². The monoisotopic (exact) mass is 480 g/mol. The lowest BCUT2D eigenvalue weighted by molar-refractivity contribution is -0.168. The zero-order valence-electron chi connectivity index (χ0n) is 19.6. The molecule has 1 aliphatic rings. The fraction of sp³-hybridized carbons (Fsp3) is 0.583. The lowest BCUT2D eigenvalue weighted by atomic mass is 9.68. The molecule has 1 saturated carbocycles. The van der Waals surface area contributed by atoms with Crippen LogP contribution in [-0.4, -0.2) is 42.6 Å². The number of alkyl carbamates (subject to hydrolysis) is 1. The predicted octanol–water partition coefficient (Wildman–Crippen LogP) is 3.89. The van der Waals surface area contributed by atoms with E-state index in [1.807, 2.05) is 19.9 Å².